The number of rotatable bonds is 5. The third-order valence-corrected chi connectivity index (χ3v) is 4.65. The van der Waals surface area contributed by atoms with Crippen LogP contribution in [0.2, 0.25) is 0 Å². The highest BCUT2D eigenvalue weighted by molar-refractivity contribution is 7.11. The van der Waals surface area contributed by atoms with Gasteiger partial charge in [-0.15, -0.1) is 21.8 Å². The molecule has 0 saturated heterocycles. The van der Waals surface area contributed by atoms with Gasteiger partial charge >= 0.3 is 0 Å². The van der Waals surface area contributed by atoms with Crippen LogP contribution in [0, 0.1) is 5.92 Å². The zero-order chi connectivity index (χ0) is 13.0. The first-order valence-electron chi connectivity index (χ1n) is 6.19. The van der Waals surface area contributed by atoms with E-state index in [9.17, 15) is 0 Å². The minimum absolute atomic E-state index is 0.325. The van der Waals surface area contributed by atoms with E-state index >= 15 is 0 Å². The highest BCUT2D eigenvalue weighted by atomic mass is 35.5. The number of alkyl halides is 1. The maximum Gasteiger partial charge on any atom is 0.132 e. The van der Waals surface area contributed by atoms with Crippen molar-refractivity contribution in [3.63, 3.8) is 0 Å². The van der Waals surface area contributed by atoms with Gasteiger partial charge in [-0.3, -0.25) is 0 Å². The van der Waals surface area contributed by atoms with E-state index in [1.165, 1.54) is 5.56 Å². The molecule has 0 aliphatic rings. The Morgan fingerprint density at radius 2 is 1.94 bits per heavy atom. The van der Waals surface area contributed by atoms with Gasteiger partial charge < -0.3 is 0 Å². The molecular formula is C14H17ClN2S. The average molecular weight is 281 g/mol. The Kier molecular flexibility index (Phi) is 4.72. The van der Waals surface area contributed by atoms with E-state index in [1.54, 1.807) is 11.3 Å². The van der Waals surface area contributed by atoms with Crippen molar-refractivity contribution in [1.82, 2.24) is 10.2 Å². The van der Waals surface area contributed by atoms with Crippen molar-refractivity contribution in [2.75, 3.05) is 0 Å². The van der Waals surface area contributed by atoms with E-state index < -0.39 is 0 Å². The van der Waals surface area contributed by atoms with Crippen LogP contribution >= 0.6 is 22.9 Å². The van der Waals surface area contributed by atoms with E-state index in [1.807, 2.05) is 6.07 Å². The summed E-state index contributed by atoms with van der Waals surface area (Å²) in [6.45, 7) is 4.48. The van der Waals surface area contributed by atoms with Crippen molar-refractivity contribution in [2.45, 2.75) is 32.1 Å². The summed E-state index contributed by atoms with van der Waals surface area (Å²) in [5, 5.41) is 10.4. The topological polar surface area (TPSA) is 25.8 Å². The lowest BCUT2D eigenvalue weighted by atomic mass is 9.86. The molecule has 2 nitrogen and oxygen atoms in total. The summed E-state index contributed by atoms with van der Waals surface area (Å²) in [6, 6.07) is 10.5. The van der Waals surface area contributed by atoms with E-state index in [4.69, 9.17) is 11.6 Å². The molecule has 1 aromatic heterocycles. The summed E-state index contributed by atoms with van der Waals surface area (Å²) in [6.07, 6.45) is 1.12. The lowest BCUT2D eigenvalue weighted by Gasteiger charge is -2.20. The van der Waals surface area contributed by atoms with Gasteiger partial charge in [0.15, 0.2) is 0 Å². The molecule has 0 saturated carbocycles. The summed E-state index contributed by atoms with van der Waals surface area (Å²) in [5.74, 6) is 1.31. The Morgan fingerprint density at radius 3 is 2.50 bits per heavy atom. The molecule has 0 aliphatic carbocycles. The summed E-state index contributed by atoms with van der Waals surface area (Å²) < 4.78 is 0. The zero-order valence-electron chi connectivity index (χ0n) is 10.6. The number of benzene rings is 1. The minimum atomic E-state index is 0.325. The van der Waals surface area contributed by atoms with Crippen molar-refractivity contribution < 1.29 is 0 Å². The van der Waals surface area contributed by atoms with Crippen LogP contribution in [0.5, 0.6) is 0 Å². The number of aromatic nitrogens is 2. The molecule has 2 rings (SSSR count). The lowest BCUT2D eigenvalue weighted by molar-refractivity contribution is 0.492. The number of hydrogen-bond donors (Lipinski definition) is 0. The molecule has 2 atom stereocenters. The normalized spacial score (nSPS) is 14.4. The van der Waals surface area contributed by atoms with Gasteiger partial charge in [0, 0.05) is 5.92 Å². The molecule has 1 aromatic carbocycles. The second kappa shape index (κ2) is 6.30. The van der Waals surface area contributed by atoms with Gasteiger partial charge in [-0.1, -0.05) is 61.9 Å². The van der Waals surface area contributed by atoms with Gasteiger partial charge in [0.05, 0.1) is 5.88 Å². The third kappa shape index (κ3) is 2.90. The summed E-state index contributed by atoms with van der Waals surface area (Å²) in [5.41, 5.74) is 1.31. The minimum Gasteiger partial charge on any atom is -0.143 e. The Bertz CT molecular complexity index is 484. The molecule has 18 heavy (non-hydrogen) atoms. The molecular weight excluding hydrogens is 264 g/mol. The van der Waals surface area contributed by atoms with Gasteiger partial charge in [0.25, 0.3) is 0 Å². The number of nitrogens with zero attached hydrogens (tertiary/aromatic N) is 2. The van der Waals surface area contributed by atoms with Gasteiger partial charge in [-0.25, -0.2) is 0 Å². The first kappa shape index (κ1) is 13.5. The molecule has 0 amide bonds. The van der Waals surface area contributed by atoms with Crippen LogP contribution in [-0.2, 0) is 5.88 Å². The summed E-state index contributed by atoms with van der Waals surface area (Å²) in [7, 11) is 0. The fourth-order valence-electron chi connectivity index (χ4n) is 2.06. The molecule has 0 spiro atoms. The molecule has 4 heteroatoms. The predicted octanol–water partition coefficient (Wildman–Crippen LogP) is 4.45. The molecule has 2 aromatic rings. The standard InChI is InChI=1S/C14H17ClN2S/c1-3-10(2)13(11-7-5-4-6-8-11)14-17-16-12(9-15)18-14/h4-8,10,13H,3,9H2,1-2H3. The van der Waals surface area contributed by atoms with Crippen LogP contribution in [0.15, 0.2) is 30.3 Å². The van der Waals surface area contributed by atoms with E-state index in [-0.39, 0.29) is 0 Å². The second-order valence-electron chi connectivity index (χ2n) is 4.44. The van der Waals surface area contributed by atoms with E-state index in [0.717, 1.165) is 16.4 Å². The van der Waals surface area contributed by atoms with Crippen LogP contribution in [0.25, 0.3) is 0 Å². The molecule has 1 heterocycles. The highest BCUT2D eigenvalue weighted by Gasteiger charge is 2.23. The Morgan fingerprint density at radius 1 is 1.22 bits per heavy atom. The number of halogens is 1. The van der Waals surface area contributed by atoms with Crippen LogP contribution < -0.4 is 0 Å². The van der Waals surface area contributed by atoms with Crippen LogP contribution in [0.1, 0.15) is 41.8 Å². The van der Waals surface area contributed by atoms with Crippen molar-refractivity contribution in [3.05, 3.63) is 45.9 Å². The number of hydrogen-bond acceptors (Lipinski definition) is 3. The summed E-state index contributed by atoms with van der Waals surface area (Å²) >= 11 is 7.44. The molecule has 2 unspecified atom stereocenters. The maximum absolute atomic E-state index is 5.81. The first-order valence-corrected chi connectivity index (χ1v) is 7.54. The highest BCUT2D eigenvalue weighted by Crippen LogP contribution is 2.35. The SMILES string of the molecule is CCC(C)C(c1ccccc1)c1nnc(CCl)s1. The fraction of sp³-hybridized carbons (Fsp3) is 0.429. The zero-order valence-corrected chi connectivity index (χ0v) is 12.2. The van der Waals surface area contributed by atoms with Gasteiger partial charge in [-0.05, 0) is 11.5 Å². The predicted molar refractivity (Wildman–Crippen MR) is 77.2 cm³/mol. The van der Waals surface area contributed by atoms with Crippen molar-refractivity contribution in [2.24, 2.45) is 5.92 Å². The largest absolute Gasteiger partial charge is 0.143 e. The van der Waals surface area contributed by atoms with Crippen molar-refractivity contribution >= 4 is 22.9 Å². The molecule has 0 bridgehead atoms. The fourth-order valence-corrected chi connectivity index (χ4v) is 3.23. The van der Waals surface area contributed by atoms with Gasteiger partial charge in [0.1, 0.15) is 10.0 Å². The monoisotopic (exact) mass is 280 g/mol. The first-order chi connectivity index (χ1) is 8.76. The van der Waals surface area contributed by atoms with E-state index in [2.05, 4.69) is 48.3 Å². The van der Waals surface area contributed by atoms with Crippen molar-refractivity contribution in [3.8, 4) is 0 Å². The third-order valence-electron chi connectivity index (χ3n) is 3.23. The Balaban J connectivity index is 2.37. The molecule has 0 fully saturated rings. The Labute approximate surface area is 117 Å². The Hall–Kier alpha value is -0.930. The average Bonchev–Trinajstić information content (AvgIpc) is 2.88. The molecule has 0 aliphatic heterocycles. The van der Waals surface area contributed by atoms with Crippen LogP contribution in [0.4, 0.5) is 0 Å². The second-order valence-corrected chi connectivity index (χ2v) is 5.80. The summed E-state index contributed by atoms with van der Waals surface area (Å²) in [4.78, 5) is 0. The molecule has 0 N–H and O–H groups in total. The lowest BCUT2D eigenvalue weighted by Crippen LogP contribution is -2.10. The smallest absolute Gasteiger partial charge is 0.132 e. The van der Waals surface area contributed by atoms with Crippen LogP contribution in [0.3, 0.4) is 0 Å². The maximum atomic E-state index is 5.81. The molecule has 0 radical (unpaired) electrons. The van der Waals surface area contributed by atoms with Gasteiger partial charge in [0.2, 0.25) is 0 Å². The van der Waals surface area contributed by atoms with Crippen molar-refractivity contribution in [1.29, 1.82) is 0 Å². The quantitative estimate of drug-likeness (QED) is 0.756. The van der Waals surface area contributed by atoms with Crippen LogP contribution in [-0.4, -0.2) is 10.2 Å². The van der Waals surface area contributed by atoms with Gasteiger partial charge in [-0.2, -0.15) is 0 Å². The molecule has 96 valence electrons. The van der Waals surface area contributed by atoms with E-state index in [0.29, 0.717) is 17.7 Å².